The molecule has 0 aliphatic heterocycles. The molecule has 3 N–H and O–H groups in total. The lowest BCUT2D eigenvalue weighted by atomic mass is 10.1. The molecule has 122 valence electrons. The molecular formula is C18H22N2O3. The summed E-state index contributed by atoms with van der Waals surface area (Å²) in [6.45, 7) is 3.93. The normalized spacial score (nSPS) is 10.4. The molecule has 0 heterocycles. The molecule has 0 atom stereocenters. The van der Waals surface area contributed by atoms with Crippen LogP contribution in [-0.2, 0) is 11.2 Å². The quantitative estimate of drug-likeness (QED) is 0.803. The molecule has 0 aliphatic carbocycles. The summed E-state index contributed by atoms with van der Waals surface area (Å²) in [6, 6.07) is 12.7. The highest BCUT2D eigenvalue weighted by Crippen LogP contribution is 2.24. The molecule has 0 bridgehead atoms. The van der Waals surface area contributed by atoms with E-state index in [4.69, 9.17) is 15.2 Å². The molecule has 0 unspecified atom stereocenters. The fourth-order valence-corrected chi connectivity index (χ4v) is 2.20. The molecule has 23 heavy (non-hydrogen) atoms. The van der Waals surface area contributed by atoms with Gasteiger partial charge in [-0.2, -0.15) is 0 Å². The first-order valence-corrected chi connectivity index (χ1v) is 7.47. The second-order valence-electron chi connectivity index (χ2n) is 5.50. The number of nitrogens with one attached hydrogen (secondary N) is 1. The summed E-state index contributed by atoms with van der Waals surface area (Å²) in [5, 5.41) is 2.83. The van der Waals surface area contributed by atoms with Crippen LogP contribution in [0.1, 0.15) is 19.4 Å². The number of ether oxygens (including phenoxy) is 2. The Morgan fingerprint density at radius 2 is 2.00 bits per heavy atom. The van der Waals surface area contributed by atoms with Crippen molar-refractivity contribution >= 4 is 17.3 Å². The van der Waals surface area contributed by atoms with Gasteiger partial charge in [0.25, 0.3) is 0 Å². The van der Waals surface area contributed by atoms with Gasteiger partial charge in [-0.05, 0) is 49.7 Å². The maximum Gasteiger partial charge on any atom is 0.228 e. The number of nitrogen functional groups attached to an aromatic ring is 1. The Bertz CT molecular complexity index is 684. The lowest BCUT2D eigenvalue weighted by Gasteiger charge is -2.11. The topological polar surface area (TPSA) is 73.6 Å². The van der Waals surface area contributed by atoms with Gasteiger partial charge < -0.3 is 20.5 Å². The Hall–Kier alpha value is -2.69. The van der Waals surface area contributed by atoms with Crippen LogP contribution in [0.3, 0.4) is 0 Å². The fourth-order valence-electron chi connectivity index (χ4n) is 2.20. The van der Waals surface area contributed by atoms with Crippen LogP contribution < -0.4 is 20.5 Å². The second kappa shape index (κ2) is 7.54. The van der Waals surface area contributed by atoms with Crippen molar-refractivity contribution in [1.82, 2.24) is 0 Å². The average molecular weight is 314 g/mol. The Balaban J connectivity index is 2.00. The van der Waals surface area contributed by atoms with Crippen molar-refractivity contribution in [2.45, 2.75) is 26.4 Å². The number of carbonyl (C=O) groups is 1. The predicted molar refractivity (Wildman–Crippen MR) is 91.9 cm³/mol. The molecule has 0 radical (unpaired) electrons. The summed E-state index contributed by atoms with van der Waals surface area (Å²) >= 11 is 0. The molecule has 5 nitrogen and oxygen atoms in total. The lowest BCUT2D eigenvalue weighted by molar-refractivity contribution is -0.115. The van der Waals surface area contributed by atoms with E-state index in [1.54, 1.807) is 25.3 Å². The van der Waals surface area contributed by atoms with Gasteiger partial charge in [0.2, 0.25) is 5.91 Å². The maximum absolute atomic E-state index is 12.2. The van der Waals surface area contributed by atoms with Gasteiger partial charge in [-0.25, -0.2) is 0 Å². The number of anilines is 2. The Labute approximate surface area is 136 Å². The highest BCUT2D eigenvalue weighted by molar-refractivity contribution is 5.93. The van der Waals surface area contributed by atoms with Crippen LogP contribution in [-0.4, -0.2) is 19.1 Å². The number of carbonyl (C=O) groups excluding carboxylic acids is 1. The van der Waals surface area contributed by atoms with Crippen LogP contribution in [0.25, 0.3) is 0 Å². The van der Waals surface area contributed by atoms with Crippen LogP contribution in [0.5, 0.6) is 11.5 Å². The van der Waals surface area contributed by atoms with E-state index in [1.807, 2.05) is 38.1 Å². The molecule has 2 rings (SSSR count). The monoisotopic (exact) mass is 314 g/mol. The second-order valence-corrected chi connectivity index (χ2v) is 5.50. The standard InChI is InChI=1S/C18H22N2O3/c1-12(2)23-15-6-4-5-13(9-15)10-18(21)20-14-7-8-17(22-3)16(19)11-14/h4-9,11-12H,10,19H2,1-3H3,(H,20,21). The van der Waals surface area contributed by atoms with Crippen molar-refractivity contribution in [3.63, 3.8) is 0 Å². The third-order valence-corrected chi connectivity index (χ3v) is 3.15. The van der Waals surface area contributed by atoms with Gasteiger partial charge >= 0.3 is 0 Å². The maximum atomic E-state index is 12.2. The van der Waals surface area contributed by atoms with E-state index in [9.17, 15) is 4.79 Å². The van der Waals surface area contributed by atoms with Crippen molar-refractivity contribution in [3.8, 4) is 11.5 Å². The largest absolute Gasteiger partial charge is 0.495 e. The third-order valence-electron chi connectivity index (χ3n) is 3.15. The minimum absolute atomic E-state index is 0.0985. The molecule has 0 aromatic heterocycles. The highest BCUT2D eigenvalue weighted by atomic mass is 16.5. The van der Waals surface area contributed by atoms with Gasteiger partial charge in [0.15, 0.2) is 0 Å². The van der Waals surface area contributed by atoms with E-state index < -0.39 is 0 Å². The highest BCUT2D eigenvalue weighted by Gasteiger charge is 2.07. The van der Waals surface area contributed by atoms with Gasteiger partial charge in [0.1, 0.15) is 11.5 Å². The number of rotatable bonds is 6. The minimum atomic E-state index is -0.115. The number of hydrogen-bond donors (Lipinski definition) is 2. The SMILES string of the molecule is COc1ccc(NC(=O)Cc2cccc(OC(C)C)c2)cc1N. The van der Waals surface area contributed by atoms with E-state index in [1.165, 1.54) is 0 Å². The number of methoxy groups -OCH3 is 1. The van der Waals surface area contributed by atoms with E-state index in [0.717, 1.165) is 11.3 Å². The van der Waals surface area contributed by atoms with E-state index >= 15 is 0 Å². The number of amides is 1. The molecule has 5 heteroatoms. The number of nitrogens with two attached hydrogens (primary N) is 1. The summed E-state index contributed by atoms with van der Waals surface area (Å²) in [5.41, 5.74) is 7.85. The summed E-state index contributed by atoms with van der Waals surface area (Å²) in [6.07, 6.45) is 0.364. The van der Waals surface area contributed by atoms with Crippen molar-refractivity contribution in [1.29, 1.82) is 0 Å². The minimum Gasteiger partial charge on any atom is -0.495 e. The lowest BCUT2D eigenvalue weighted by Crippen LogP contribution is -2.14. The molecule has 0 fully saturated rings. The van der Waals surface area contributed by atoms with Crippen molar-refractivity contribution in [2.24, 2.45) is 0 Å². The van der Waals surface area contributed by atoms with Crippen molar-refractivity contribution in [3.05, 3.63) is 48.0 Å². The zero-order chi connectivity index (χ0) is 16.8. The van der Waals surface area contributed by atoms with E-state index in [2.05, 4.69) is 5.32 Å². The predicted octanol–water partition coefficient (Wildman–Crippen LogP) is 3.25. The smallest absolute Gasteiger partial charge is 0.228 e. The molecule has 0 spiro atoms. The number of benzene rings is 2. The van der Waals surface area contributed by atoms with Crippen LogP contribution in [0.15, 0.2) is 42.5 Å². The van der Waals surface area contributed by atoms with Gasteiger partial charge in [0, 0.05) is 5.69 Å². The van der Waals surface area contributed by atoms with Gasteiger partial charge in [0.05, 0.1) is 25.3 Å². The summed E-state index contributed by atoms with van der Waals surface area (Å²) in [5.74, 6) is 1.23. The van der Waals surface area contributed by atoms with Crippen LogP contribution in [0.2, 0.25) is 0 Å². The summed E-state index contributed by atoms with van der Waals surface area (Å²) in [4.78, 5) is 12.2. The van der Waals surface area contributed by atoms with Crippen molar-refractivity contribution < 1.29 is 14.3 Å². The fraction of sp³-hybridized carbons (Fsp3) is 0.278. The molecule has 0 aliphatic rings. The summed E-state index contributed by atoms with van der Waals surface area (Å²) < 4.78 is 10.7. The van der Waals surface area contributed by atoms with E-state index in [0.29, 0.717) is 17.1 Å². The Morgan fingerprint density at radius 3 is 2.65 bits per heavy atom. The van der Waals surface area contributed by atoms with Crippen molar-refractivity contribution in [2.75, 3.05) is 18.2 Å². The van der Waals surface area contributed by atoms with Gasteiger partial charge in [-0.15, -0.1) is 0 Å². The summed E-state index contributed by atoms with van der Waals surface area (Å²) in [7, 11) is 1.55. The van der Waals surface area contributed by atoms with Gasteiger partial charge in [-0.1, -0.05) is 12.1 Å². The molecule has 0 saturated heterocycles. The first-order chi connectivity index (χ1) is 11.0. The first-order valence-electron chi connectivity index (χ1n) is 7.47. The average Bonchev–Trinajstić information content (AvgIpc) is 2.47. The molecule has 2 aromatic rings. The van der Waals surface area contributed by atoms with Crippen LogP contribution in [0, 0.1) is 0 Å². The van der Waals surface area contributed by atoms with Crippen LogP contribution >= 0.6 is 0 Å². The van der Waals surface area contributed by atoms with E-state index in [-0.39, 0.29) is 18.4 Å². The molecular weight excluding hydrogens is 292 g/mol. The molecule has 2 aromatic carbocycles. The Morgan fingerprint density at radius 1 is 1.22 bits per heavy atom. The van der Waals surface area contributed by atoms with Gasteiger partial charge in [-0.3, -0.25) is 4.79 Å². The molecule has 0 saturated carbocycles. The number of hydrogen-bond acceptors (Lipinski definition) is 4. The third kappa shape index (κ3) is 4.92. The first kappa shape index (κ1) is 16.7. The zero-order valence-corrected chi connectivity index (χ0v) is 13.6. The van der Waals surface area contributed by atoms with Crippen LogP contribution in [0.4, 0.5) is 11.4 Å². The zero-order valence-electron chi connectivity index (χ0n) is 13.6. The Kier molecular flexibility index (Phi) is 5.46. The molecule has 1 amide bonds.